The highest BCUT2D eigenvalue weighted by Gasteiger charge is 2.34. The zero-order valence-corrected chi connectivity index (χ0v) is 18.0. The fourth-order valence-corrected chi connectivity index (χ4v) is 3.92. The Morgan fingerprint density at radius 1 is 1.09 bits per heavy atom. The number of aromatic hydroxyl groups is 1. The van der Waals surface area contributed by atoms with Crippen LogP contribution in [0.15, 0.2) is 61.1 Å². The first-order chi connectivity index (χ1) is 15.8. The highest BCUT2D eigenvalue weighted by molar-refractivity contribution is 7.71. The molecular formula is C23H18F3N5OS. The van der Waals surface area contributed by atoms with Crippen LogP contribution in [0.25, 0.3) is 16.2 Å². The van der Waals surface area contributed by atoms with E-state index in [2.05, 4.69) is 14.8 Å². The quantitative estimate of drug-likeness (QED) is 0.262. The molecule has 2 N–H and O–H groups in total. The van der Waals surface area contributed by atoms with Gasteiger partial charge in [-0.05, 0) is 54.9 Å². The summed E-state index contributed by atoms with van der Waals surface area (Å²) in [6.07, 6.45) is 2.77. The maximum atomic E-state index is 13.4. The van der Waals surface area contributed by atoms with Crippen molar-refractivity contribution in [1.29, 1.82) is 0 Å². The summed E-state index contributed by atoms with van der Waals surface area (Å²) in [5.74, 6) is 0.624. The molecule has 0 amide bonds. The monoisotopic (exact) mass is 469 g/mol. The Kier molecular flexibility index (Phi) is 6.07. The Labute approximate surface area is 192 Å². The minimum absolute atomic E-state index is 0.0190. The van der Waals surface area contributed by atoms with E-state index in [1.165, 1.54) is 16.8 Å². The van der Waals surface area contributed by atoms with E-state index in [0.717, 1.165) is 47.4 Å². The Hall–Kier alpha value is -3.84. The first kappa shape index (κ1) is 22.4. The maximum absolute atomic E-state index is 13.4. The lowest BCUT2D eigenvalue weighted by atomic mass is 10.1. The van der Waals surface area contributed by atoms with E-state index in [-0.39, 0.29) is 16.3 Å². The van der Waals surface area contributed by atoms with Crippen molar-refractivity contribution in [2.24, 2.45) is 0 Å². The van der Waals surface area contributed by atoms with Crippen LogP contribution in [-0.2, 0) is 19.0 Å². The maximum Gasteiger partial charge on any atom is 0.407 e. The number of rotatable bonds is 6. The molecule has 0 aliphatic heterocycles. The van der Waals surface area contributed by atoms with E-state index < -0.39 is 17.4 Å². The second-order valence-electron chi connectivity index (χ2n) is 7.34. The molecule has 0 spiro atoms. The largest absolute Gasteiger partial charge is 0.493 e. The van der Waals surface area contributed by atoms with Crippen molar-refractivity contribution in [3.05, 3.63) is 94.2 Å². The second-order valence-corrected chi connectivity index (χ2v) is 7.71. The third kappa shape index (κ3) is 4.68. The average Bonchev–Trinajstić information content (AvgIpc) is 3.41. The SMILES string of the molecule is [C-]#[N+]c1ccc(-n2c(O)cn(-c3ccc(CCCc4ncc[nH]4)cc3)c2=S)cc1C(F)(F)F. The van der Waals surface area contributed by atoms with Crippen molar-refractivity contribution in [3.63, 3.8) is 0 Å². The van der Waals surface area contributed by atoms with Crippen LogP contribution >= 0.6 is 12.2 Å². The van der Waals surface area contributed by atoms with Gasteiger partial charge in [0.1, 0.15) is 5.82 Å². The minimum Gasteiger partial charge on any atom is -0.493 e. The number of H-pyrrole nitrogens is 1. The molecule has 4 aromatic rings. The number of aromatic amines is 1. The summed E-state index contributed by atoms with van der Waals surface area (Å²) < 4.78 is 42.8. The molecule has 2 heterocycles. The fraction of sp³-hybridized carbons (Fsp3) is 0.174. The van der Waals surface area contributed by atoms with Crippen LogP contribution in [0.1, 0.15) is 23.4 Å². The molecule has 0 saturated carbocycles. The van der Waals surface area contributed by atoms with Gasteiger partial charge in [-0.1, -0.05) is 18.2 Å². The Morgan fingerprint density at radius 3 is 2.45 bits per heavy atom. The molecular weight excluding hydrogens is 451 g/mol. The number of nitrogens with one attached hydrogen (secondary N) is 1. The van der Waals surface area contributed by atoms with Gasteiger partial charge in [0, 0.05) is 30.2 Å². The van der Waals surface area contributed by atoms with Crippen molar-refractivity contribution < 1.29 is 18.3 Å². The highest BCUT2D eigenvalue weighted by atomic mass is 32.1. The Bertz CT molecular complexity index is 1360. The van der Waals surface area contributed by atoms with Crippen LogP contribution in [0.4, 0.5) is 18.9 Å². The smallest absolute Gasteiger partial charge is 0.407 e. The minimum atomic E-state index is -4.71. The molecule has 10 heteroatoms. The summed E-state index contributed by atoms with van der Waals surface area (Å²) in [6, 6.07) is 10.8. The van der Waals surface area contributed by atoms with Gasteiger partial charge in [-0.2, -0.15) is 13.2 Å². The lowest BCUT2D eigenvalue weighted by Gasteiger charge is -2.12. The standard InChI is InChI=1S/C23H18F3N5OS/c1-27-19-10-9-17(13-18(19)23(24,25)26)31-21(32)14-30(22(31)33)16-7-5-15(6-8-16)3-2-4-20-28-11-12-29-20/h5-14,32H,2-4H2,(H,28,29). The topological polar surface area (TPSA) is 63.1 Å². The zero-order chi connectivity index (χ0) is 23.6. The van der Waals surface area contributed by atoms with E-state index >= 15 is 0 Å². The molecule has 0 saturated heterocycles. The van der Waals surface area contributed by atoms with Gasteiger partial charge in [0.15, 0.2) is 10.5 Å². The number of aromatic nitrogens is 4. The number of imidazole rings is 2. The molecule has 0 atom stereocenters. The first-order valence-electron chi connectivity index (χ1n) is 9.98. The normalized spacial score (nSPS) is 11.5. The number of hydrogen-bond donors (Lipinski definition) is 2. The van der Waals surface area contributed by atoms with Crippen LogP contribution in [0.2, 0.25) is 0 Å². The van der Waals surface area contributed by atoms with E-state index in [1.807, 2.05) is 24.3 Å². The van der Waals surface area contributed by atoms with Crippen LogP contribution in [0, 0.1) is 11.3 Å². The van der Waals surface area contributed by atoms with Crippen LogP contribution < -0.4 is 0 Å². The van der Waals surface area contributed by atoms with Crippen molar-refractivity contribution >= 4 is 17.9 Å². The Balaban J connectivity index is 1.59. The number of nitrogens with zero attached hydrogens (tertiary/aromatic N) is 4. The number of hydrogen-bond acceptors (Lipinski definition) is 3. The molecule has 2 aromatic carbocycles. The zero-order valence-electron chi connectivity index (χ0n) is 17.2. The van der Waals surface area contributed by atoms with E-state index in [0.29, 0.717) is 5.69 Å². The average molecular weight is 469 g/mol. The molecule has 0 bridgehead atoms. The lowest BCUT2D eigenvalue weighted by Crippen LogP contribution is -2.07. The van der Waals surface area contributed by atoms with Gasteiger partial charge < -0.3 is 10.1 Å². The molecule has 2 aromatic heterocycles. The molecule has 0 fully saturated rings. The summed E-state index contributed by atoms with van der Waals surface area (Å²) in [6.45, 7) is 6.98. The summed E-state index contributed by atoms with van der Waals surface area (Å²) >= 11 is 5.44. The number of halogens is 3. The number of aryl methyl sites for hydroxylation is 2. The fourth-order valence-electron chi connectivity index (χ4n) is 3.57. The summed E-state index contributed by atoms with van der Waals surface area (Å²) in [5.41, 5.74) is 0.204. The van der Waals surface area contributed by atoms with Crippen molar-refractivity contribution in [2.75, 3.05) is 0 Å². The number of alkyl halides is 3. The van der Waals surface area contributed by atoms with E-state index in [1.54, 1.807) is 12.4 Å². The molecule has 0 unspecified atom stereocenters. The molecule has 0 radical (unpaired) electrons. The molecule has 4 rings (SSSR count). The summed E-state index contributed by atoms with van der Waals surface area (Å²) in [7, 11) is 0. The van der Waals surface area contributed by atoms with Gasteiger partial charge in [0.05, 0.1) is 18.3 Å². The summed E-state index contributed by atoms with van der Waals surface area (Å²) in [4.78, 5) is 10.2. The van der Waals surface area contributed by atoms with Crippen LogP contribution in [0.5, 0.6) is 5.88 Å². The van der Waals surface area contributed by atoms with Crippen molar-refractivity contribution in [2.45, 2.75) is 25.4 Å². The second kappa shape index (κ2) is 8.96. The van der Waals surface area contributed by atoms with Crippen LogP contribution in [0.3, 0.4) is 0 Å². The molecule has 33 heavy (non-hydrogen) atoms. The van der Waals surface area contributed by atoms with E-state index in [9.17, 15) is 18.3 Å². The molecule has 0 aliphatic carbocycles. The number of benzene rings is 2. The third-order valence-corrected chi connectivity index (χ3v) is 5.56. The first-order valence-corrected chi connectivity index (χ1v) is 10.4. The molecule has 0 aliphatic rings. The van der Waals surface area contributed by atoms with Crippen LogP contribution in [-0.4, -0.2) is 24.2 Å². The highest BCUT2D eigenvalue weighted by Crippen LogP contribution is 2.38. The lowest BCUT2D eigenvalue weighted by molar-refractivity contribution is -0.136. The van der Waals surface area contributed by atoms with Gasteiger partial charge in [0.25, 0.3) is 0 Å². The predicted octanol–water partition coefficient (Wildman–Crippen LogP) is 6.17. The van der Waals surface area contributed by atoms with Gasteiger partial charge in [-0.3, -0.25) is 9.13 Å². The van der Waals surface area contributed by atoms with Gasteiger partial charge in [0.2, 0.25) is 5.88 Å². The molecule has 6 nitrogen and oxygen atoms in total. The molecule has 168 valence electrons. The van der Waals surface area contributed by atoms with Crippen molar-refractivity contribution in [3.8, 4) is 17.3 Å². The third-order valence-electron chi connectivity index (χ3n) is 5.18. The predicted molar refractivity (Wildman–Crippen MR) is 119 cm³/mol. The van der Waals surface area contributed by atoms with Crippen molar-refractivity contribution in [1.82, 2.24) is 19.1 Å². The van der Waals surface area contributed by atoms with Gasteiger partial charge >= 0.3 is 6.18 Å². The Morgan fingerprint density at radius 2 is 1.82 bits per heavy atom. The van der Waals surface area contributed by atoms with Gasteiger partial charge in [-0.15, -0.1) is 0 Å². The summed E-state index contributed by atoms with van der Waals surface area (Å²) in [5, 5.41) is 10.4. The van der Waals surface area contributed by atoms with Gasteiger partial charge in [-0.25, -0.2) is 9.83 Å². The van der Waals surface area contributed by atoms with E-state index in [4.69, 9.17) is 18.8 Å².